The molecule has 1 aromatic rings. The number of nitrogens with one attached hydrogen (secondary N) is 1. The van der Waals surface area contributed by atoms with Crippen LogP contribution in [0, 0.1) is 0 Å². The van der Waals surface area contributed by atoms with Gasteiger partial charge in [0.2, 0.25) is 0 Å². The first-order chi connectivity index (χ1) is 8.21. The molecule has 0 saturated carbocycles. The number of thioether (sulfide) groups is 1. The summed E-state index contributed by atoms with van der Waals surface area (Å²) < 4.78 is 2.02. The van der Waals surface area contributed by atoms with Crippen molar-refractivity contribution < 1.29 is 0 Å². The molecule has 0 radical (unpaired) electrons. The van der Waals surface area contributed by atoms with Crippen molar-refractivity contribution in [2.45, 2.75) is 39.2 Å². The van der Waals surface area contributed by atoms with Crippen molar-refractivity contribution in [2.24, 2.45) is 7.05 Å². The molecule has 0 aliphatic rings. The summed E-state index contributed by atoms with van der Waals surface area (Å²) in [6, 6.07) is 2.78. The molecule has 3 nitrogen and oxygen atoms in total. The van der Waals surface area contributed by atoms with E-state index in [1.807, 2.05) is 30.5 Å². The predicted molar refractivity (Wildman–Crippen MR) is 76.8 cm³/mol. The second kappa shape index (κ2) is 7.77. The minimum absolute atomic E-state index is 0.548. The van der Waals surface area contributed by atoms with Gasteiger partial charge in [0, 0.05) is 31.0 Å². The van der Waals surface area contributed by atoms with Crippen molar-refractivity contribution in [3.05, 3.63) is 17.5 Å². The van der Waals surface area contributed by atoms with Gasteiger partial charge in [-0.2, -0.15) is 16.9 Å². The van der Waals surface area contributed by atoms with E-state index in [1.54, 1.807) is 0 Å². The lowest BCUT2D eigenvalue weighted by molar-refractivity contribution is 0.581. The third kappa shape index (κ3) is 4.72. The maximum absolute atomic E-state index is 4.50. The van der Waals surface area contributed by atoms with Crippen molar-refractivity contribution in [1.82, 2.24) is 15.1 Å². The Balaban J connectivity index is 2.51. The molecule has 4 heteroatoms. The van der Waals surface area contributed by atoms with E-state index in [2.05, 4.69) is 30.3 Å². The summed E-state index contributed by atoms with van der Waals surface area (Å²) in [4.78, 5) is 0. The number of hydrogen-bond donors (Lipinski definition) is 1. The topological polar surface area (TPSA) is 29.9 Å². The summed E-state index contributed by atoms with van der Waals surface area (Å²) >= 11 is 2.03. The number of rotatable bonds is 8. The summed E-state index contributed by atoms with van der Waals surface area (Å²) in [5.74, 6) is 2.43. The Bertz CT molecular complexity index is 322. The zero-order valence-electron chi connectivity index (χ0n) is 11.5. The van der Waals surface area contributed by atoms with Gasteiger partial charge in [-0.15, -0.1) is 0 Å². The van der Waals surface area contributed by atoms with Crippen LogP contribution in [0.15, 0.2) is 6.07 Å². The average Bonchev–Trinajstić information content (AvgIpc) is 2.69. The molecule has 0 aliphatic heterocycles. The number of aromatic nitrogens is 2. The van der Waals surface area contributed by atoms with Gasteiger partial charge in [-0.05, 0) is 31.7 Å². The molecule has 1 unspecified atom stereocenters. The number of likely N-dealkylation sites (N-methyl/N-ethyl adjacent to an activating group) is 1. The number of hydrogen-bond acceptors (Lipinski definition) is 3. The smallest absolute Gasteiger partial charge is 0.0624 e. The monoisotopic (exact) mass is 255 g/mol. The summed E-state index contributed by atoms with van der Waals surface area (Å²) in [7, 11) is 4.09. The van der Waals surface area contributed by atoms with Gasteiger partial charge in [0.25, 0.3) is 0 Å². The van der Waals surface area contributed by atoms with Gasteiger partial charge in [-0.1, -0.05) is 13.8 Å². The Hall–Kier alpha value is -0.480. The van der Waals surface area contributed by atoms with Crippen LogP contribution >= 0.6 is 11.8 Å². The van der Waals surface area contributed by atoms with E-state index in [0.717, 1.165) is 12.8 Å². The molecule has 0 bridgehead atoms. The van der Waals surface area contributed by atoms with Crippen LogP contribution in [0.5, 0.6) is 0 Å². The van der Waals surface area contributed by atoms with Crippen molar-refractivity contribution in [1.29, 1.82) is 0 Å². The van der Waals surface area contributed by atoms with E-state index in [0.29, 0.717) is 6.04 Å². The highest BCUT2D eigenvalue weighted by atomic mass is 32.2. The lowest BCUT2D eigenvalue weighted by Crippen LogP contribution is -2.31. The lowest BCUT2D eigenvalue weighted by atomic mass is 10.1. The fourth-order valence-corrected chi connectivity index (χ4v) is 2.83. The maximum atomic E-state index is 4.50. The van der Waals surface area contributed by atoms with Gasteiger partial charge in [0.05, 0.1) is 5.69 Å². The molecule has 0 amide bonds. The SMILES string of the molecule is CCCSCC(Cc1cc(CC)nn1C)NC. The first-order valence-corrected chi connectivity index (χ1v) is 7.63. The minimum Gasteiger partial charge on any atom is -0.316 e. The van der Waals surface area contributed by atoms with Crippen LogP contribution in [0.4, 0.5) is 0 Å². The molecule has 1 atom stereocenters. The summed E-state index contributed by atoms with van der Waals surface area (Å²) in [5.41, 5.74) is 2.52. The zero-order chi connectivity index (χ0) is 12.7. The third-order valence-corrected chi connectivity index (χ3v) is 4.26. The molecular formula is C13H25N3S. The number of nitrogens with zero attached hydrogens (tertiary/aromatic N) is 2. The summed E-state index contributed by atoms with van der Waals surface area (Å²) in [6.07, 6.45) is 3.34. The first kappa shape index (κ1) is 14.6. The highest BCUT2D eigenvalue weighted by Gasteiger charge is 2.11. The van der Waals surface area contributed by atoms with Crippen LogP contribution in [0.1, 0.15) is 31.7 Å². The molecule has 0 saturated heterocycles. The lowest BCUT2D eigenvalue weighted by Gasteiger charge is -2.15. The standard InChI is InChI=1S/C13H25N3S/c1-5-7-17-10-12(14-3)9-13-8-11(6-2)15-16(13)4/h8,12,14H,5-7,9-10H2,1-4H3. The largest absolute Gasteiger partial charge is 0.316 e. The van der Waals surface area contributed by atoms with Gasteiger partial charge in [-0.3, -0.25) is 4.68 Å². The van der Waals surface area contributed by atoms with Crippen LogP contribution in [0.3, 0.4) is 0 Å². The van der Waals surface area contributed by atoms with Crippen LogP contribution in [0.25, 0.3) is 0 Å². The van der Waals surface area contributed by atoms with Crippen molar-refractivity contribution >= 4 is 11.8 Å². The maximum Gasteiger partial charge on any atom is 0.0624 e. The van der Waals surface area contributed by atoms with Gasteiger partial charge < -0.3 is 5.32 Å². The molecule has 0 aliphatic carbocycles. The molecule has 1 N–H and O–H groups in total. The molecule has 98 valence electrons. The highest BCUT2D eigenvalue weighted by molar-refractivity contribution is 7.99. The van der Waals surface area contributed by atoms with E-state index in [4.69, 9.17) is 0 Å². The van der Waals surface area contributed by atoms with Gasteiger partial charge in [-0.25, -0.2) is 0 Å². The molecule has 1 heterocycles. The van der Waals surface area contributed by atoms with Crippen LogP contribution in [0.2, 0.25) is 0 Å². The quantitative estimate of drug-likeness (QED) is 0.723. The predicted octanol–water partition coefficient (Wildman–Crippen LogP) is 2.26. The normalized spacial score (nSPS) is 12.9. The molecule has 17 heavy (non-hydrogen) atoms. The number of aryl methyl sites for hydroxylation is 2. The summed E-state index contributed by atoms with van der Waals surface area (Å²) in [5, 5.41) is 7.90. The van der Waals surface area contributed by atoms with Crippen LogP contribution in [-0.4, -0.2) is 34.4 Å². The Morgan fingerprint density at radius 3 is 2.76 bits per heavy atom. The Morgan fingerprint density at radius 1 is 1.47 bits per heavy atom. The first-order valence-electron chi connectivity index (χ1n) is 6.48. The van der Waals surface area contributed by atoms with Crippen LogP contribution < -0.4 is 5.32 Å². The van der Waals surface area contributed by atoms with Crippen molar-refractivity contribution in [3.8, 4) is 0 Å². The zero-order valence-corrected chi connectivity index (χ0v) is 12.3. The molecular weight excluding hydrogens is 230 g/mol. The molecule has 0 fully saturated rings. The minimum atomic E-state index is 0.548. The average molecular weight is 255 g/mol. The van der Waals surface area contributed by atoms with Crippen molar-refractivity contribution in [2.75, 3.05) is 18.6 Å². The van der Waals surface area contributed by atoms with E-state index < -0.39 is 0 Å². The molecule has 1 aromatic heterocycles. The van der Waals surface area contributed by atoms with Gasteiger partial charge in [0.1, 0.15) is 0 Å². The fraction of sp³-hybridized carbons (Fsp3) is 0.769. The van der Waals surface area contributed by atoms with E-state index >= 15 is 0 Å². The van der Waals surface area contributed by atoms with E-state index in [9.17, 15) is 0 Å². The van der Waals surface area contributed by atoms with E-state index in [1.165, 1.54) is 29.3 Å². The molecule has 0 aromatic carbocycles. The summed E-state index contributed by atoms with van der Waals surface area (Å²) in [6.45, 7) is 4.38. The third-order valence-electron chi connectivity index (χ3n) is 2.92. The molecule has 1 rings (SSSR count). The van der Waals surface area contributed by atoms with Crippen molar-refractivity contribution in [3.63, 3.8) is 0 Å². The van der Waals surface area contributed by atoms with Crippen LogP contribution in [-0.2, 0) is 19.9 Å². The van der Waals surface area contributed by atoms with Gasteiger partial charge >= 0.3 is 0 Å². The molecule has 0 spiro atoms. The second-order valence-electron chi connectivity index (χ2n) is 4.37. The Morgan fingerprint density at radius 2 is 2.24 bits per heavy atom. The highest BCUT2D eigenvalue weighted by Crippen LogP contribution is 2.11. The second-order valence-corrected chi connectivity index (χ2v) is 5.52. The fourth-order valence-electron chi connectivity index (χ4n) is 1.80. The Labute approximate surface area is 109 Å². The van der Waals surface area contributed by atoms with E-state index in [-0.39, 0.29) is 0 Å². The Kier molecular flexibility index (Phi) is 6.66. The van der Waals surface area contributed by atoms with Gasteiger partial charge in [0.15, 0.2) is 0 Å².